The van der Waals surface area contributed by atoms with E-state index < -0.39 is 5.97 Å². The first kappa shape index (κ1) is 19.3. The molecule has 0 unspecified atom stereocenters. The number of hydrogen-bond acceptors (Lipinski definition) is 5. The lowest BCUT2D eigenvalue weighted by molar-refractivity contribution is -0.115. The van der Waals surface area contributed by atoms with E-state index in [1.807, 2.05) is 30.3 Å². The maximum atomic E-state index is 12.5. The van der Waals surface area contributed by atoms with E-state index >= 15 is 0 Å². The average Bonchev–Trinajstić information content (AvgIpc) is 3.12. The maximum Gasteiger partial charge on any atom is 0.341 e. The van der Waals surface area contributed by atoms with Gasteiger partial charge < -0.3 is 10.1 Å². The predicted octanol–water partition coefficient (Wildman–Crippen LogP) is 4.64. The Morgan fingerprint density at radius 1 is 1.11 bits per heavy atom. The van der Waals surface area contributed by atoms with Gasteiger partial charge in [0, 0.05) is 4.88 Å². The molecular formula is C22H18N2O3S. The number of thiophene rings is 1. The minimum atomic E-state index is -0.470. The average molecular weight is 390 g/mol. The third-order valence-electron chi connectivity index (χ3n) is 3.96. The lowest BCUT2D eigenvalue weighted by Crippen LogP contribution is -2.16. The van der Waals surface area contributed by atoms with Gasteiger partial charge in [0.1, 0.15) is 5.00 Å². The monoisotopic (exact) mass is 390 g/mol. The van der Waals surface area contributed by atoms with Crippen LogP contribution in [0.15, 0.2) is 60.7 Å². The molecule has 0 fully saturated rings. The number of benzene rings is 2. The Morgan fingerprint density at radius 3 is 2.61 bits per heavy atom. The summed E-state index contributed by atoms with van der Waals surface area (Å²) in [6.07, 6.45) is 0.107. The Labute approximate surface area is 167 Å². The van der Waals surface area contributed by atoms with Crippen LogP contribution >= 0.6 is 11.3 Å². The van der Waals surface area contributed by atoms with Crippen LogP contribution in [0.25, 0.3) is 10.4 Å². The van der Waals surface area contributed by atoms with Gasteiger partial charge in [-0.1, -0.05) is 42.5 Å². The predicted molar refractivity (Wildman–Crippen MR) is 109 cm³/mol. The minimum Gasteiger partial charge on any atom is -0.462 e. The molecule has 5 nitrogen and oxygen atoms in total. The van der Waals surface area contributed by atoms with Crippen LogP contribution in [0.5, 0.6) is 0 Å². The molecule has 3 aromatic rings. The Balaban J connectivity index is 1.84. The first-order valence-electron chi connectivity index (χ1n) is 8.76. The van der Waals surface area contributed by atoms with Crippen molar-refractivity contribution in [3.8, 4) is 16.5 Å². The fourth-order valence-corrected chi connectivity index (χ4v) is 3.76. The fraction of sp³-hybridized carbons (Fsp3) is 0.136. The third kappa shape index (κ3) is 4.64. The van der Waals surface area contributed by atoms with Gasteiger partial charge in [0.15, 0.2) is 0 Å². The molecule has 3 rings (SSSR count). The van der Waals surface area contributed by atoms with E-state index in [1.165, 1.54) is 11.3 Å². The number of carbonyl (C=O) groups excluding carboxylic acids is 2. The number of rotatable bonds is 6. The van der Waals surface area contributed by atoms with Gasteiger partial charge in [-0.3, -0.25) is 4.79 Å². The van der Waals surface area contributed by atoms with Gasteiger partial charge in [0.05, 0.1) is 30.2 Å². The second kappa shape index (κ2) is 8.98. The van der Waals surface area contributed by atoms with Gasteiger partial charge in [0.2, 0.25) is 5.91 Å². The van der Waals surface area contributed by atoms with Crippen molar-refractivity contribution in [3.63, 3.8) is 0 Å². The molecule has 1 amide bonds. The minimum absolute atomic E-state index is 0.107. The lowest BCUT2D eigenvalue weighted by atomic mass is 10.1. The van der Waals surface area contributed by atoms with Crippen molar-refractivity contribution in [2.45, 2.75) is 13.3 Å². The second-order valence-electron chi connectivity index (χ2n) is 5.98. The van der Waals surface area contributed by atoms with Crippen molar-refractivity contribution in [1.82, 2.24) is 0 Å². The number of nitrogens with zero attached hydrogens (tertiary/aromatic N) is 1. The van der Waals surface area contributed by atoms with Crippen molar-refractivity contribution in [2.75, 3.05) is 11.9 Å². The number of amides is 1. The van der Waals surface area contributed by atoms with Crippen LogP contribution in [-0.2, 0) is 16.0 Å². The summed E-state index contributed by atoms with van der Waals surface area (Å²) in [6, 6.07) is 20.3. The Hall–Kier alpha value is -3.43. The molecule has 0 saturated carbocycles. The topological polar surface area (TPSA) is 79.2 Å². The number of nitriles is 1. The number of nitrogens with one attached hydrogen (secondary N) is 1. The van der Waals surface area contributed by atoms with E-state index in [4.69, 9.17) is 10.00 Å². The van der Waals surface area contributed by atoms with Gasteiger partial charge >= 0.3 is 5.97 Å². The molecule has 0 aliphatic rings. The molecule has 0 aliphatic carbocycles. The number of carbonyl (C=O) groups is 2. The van der Waals surface area contributed by atoms with Crippen molar-refractivity contribution in [3.05, 3.63) is 77.4 Å². The molecule has 0 bridgehead atoms. The van der Waals surface area contributed by atoms with Gasteiger partial charge in [-0.2, -0.15) is 5.26 Å². The standard InChI is InChI=1S/C22H18N2O3S/c1-2-27-22(26)18-13-19(17-9-4-3-5-10-17)28-21(18)24-20(25)12-15-7-6-8-16(11-15)14-23/h3-11,13H,2,12H2,1H3,(H,24,25). The van der Waals surface area contributed by atoms with E-state index in [0.29, 0.717) is 16.1 Å². The van der Waals surface area contributed by atoms with Crippen molar-refractivity contribution >= 4 is 28.2 Å². The van der Waals surface area contributed by atoms with Gasteiger partial charge in [-0.25, -0.2) is 4.79 Å². The summed E-state index contributed by atoms with van der Waals surface area (Å²) < 4.78 is 5.13. The Morgan fingerprint density at radius 2 is 1.89 bits per heavy atom. The number of ether oxygens (including phenoxy) is 1. The van der Waals surface area contributed by atoms with Crippen molar-refractivity contribution in [1.29, 1.82) is 5.26 Å². The number of anilines is 1. The molecule has 1 heterocycles. The van der Waals surface area contributed by atoms with Crippen molar-refractivity contribution < 1.29 is 14.3 Å². The lowest BCUT2D eigenvalue weighted by Gasteiger charge is -2.06. The SMILES string of the molecule is CCOC(=O)c1cc(-c2ccccc2)sc1NC(=O)Cc1cccc(C#N)c1. The molecule has 140 valence electrons. The molecule has 0 atom stereocenters. The van der Waals surface area contributed by atoms with E-state index in [9.17, 15) is 9.59 Å². The van der Waals surface area contributed by atoms with Gasteiger partial charge in [-0.05, 0) is 36.2 Å². The van der Waals surface area contributed by atoms with Crippen LogP contribution in [0.1, 0.15) is 28.4 Å². The molecule has 6 heteroatoms. The molecule has 1 N–H and O–H groups in total. The molecule has 28 heavy (non-hydrogen) atoms. The highest BCUT2D eigenvalue weighted by Crippen LogP contribution is 2.36. The van der Waals surface area contributed by atoms with E-state index in [-0.39, 0.29) is 18.9 Å². The van der Waals surface area contributed by atoms with Crippen molar-refractivity contribution in [2.24, 2.45) is 0 Å². The van der Waals surface area contributed by atoms with Crippen LogP contribution < -0.4 is 5.32 Å². The number of esters is 1. The highest BCUT2D eigenvalue weighted by atomic mass is 32.1. The fourth-order valence-electron chi connectivity index (χ4n) is 2.70. The highest BCUT2D eigenvalue weighted by molar-refractivity contribution is 7.20. The molecule has 0 saturated heterocycles. The maximum absolute atomic E-state index is 12.5. The largest absolute Gasteiger partial charge is 0.462 e. The van der Waals surface area contributed by atoms with Gasteiger partial charge in [0.25, 0.3) is 0 Å². The quantitative estimate of drug-likeness (QED) is 0.622. The molecular weight excluding hydrogens is 372 g/mol. The first-order valence-corrected chi connectivity index (χ1v) is 9.57. The van der Waals surface area contributed by atoms with Gasteiger partial charge in [-0.15, -0.1) is 11.3 Å². The summed E-state index contributed by atoms with van der Waals surface area (Å²) in [5.41, 5.74) is 2.53. The zero-order valence-corrected chi connectivity index (χ0v) is 16.1. The third-order valence-corrected chi connectivity index (χ3v) is 5.06. The summed E-state index contributed by atoms with van der Waals surface area (Å²) in [7, 11) is 0. The van der Waals surface area contributed by atoms with Crippen LogP contribution in [0.4, 0.5) is 5.00 Å². The molecule has 0 radical (unpaired) electrons. The zero-order valence-electron chi connectivity index (χ0n) is 15.3. The second-order valence-corrected chi connectivity index (χ2v) is 7.03. The summed E-state index contributed by atoms with van der Waals surface area (Å²) in [5.74, 6) is -0.732. The zero-order chi connectivity index (χ0) is 19.9. The highest BCUT2D eigenvalue weighted by Gasteiger charge is 2.20. The Bertz CT molecular complexity index is 1040. The summed E-state index contributed by atoms with van der Waals surface area (Å²) in [4.78, 5) is 25.7. The van der Waals surface area contributed by atoms with E-state index in [2.05, 4.69) is 11.4 Å². The summed E-state index contributed by atoms with van der Waals surface area (Å²) in [5, 5.41) is 12.3. The smallest absolute Gasteiger partial charge is 0.341 e. The van der Waals surface area contributed by atoms with E-state index in [0.717, 1.165) is 16.0 Å². The summed E-state index contributed by atoms with van der Waals surface area (Å²) in [6.45, 7) is 1.99. The summed E-state index contributed by atoms with van der Waals surface area (Å²) >= 11 is 1.33. The molecule has 1 aromatic heterocycles. The Kier molecular flexibility index (Phi) is 6.20. The van der Waals surface area contributed by atoms with Crippen LogP contribution in [-0.4, -0.2) is 18.5 Å². The molecule has 0 aliphatic heterocycles. The molecule has 0 spiro atoms. The van der Waals surface area contributed by atoms with Crippen LogP contribution in [0, 0.1) is 11.3 Å². The van der Waals surface area contributed by atoms with Crippen LogP contribution in [0.2, 0.25) is 0 Å². The van der Waals surface area contributed by atoms with Crippen LogP contribution in [0.3, 0.4) is 0 Å². The molecule has 2 aromatic carbocycles. The van der Waals surface area contributed by atoms with E-state index in [1.54, 1.807) is 37.3 Å². The normalized spacial score (nSPS) is 10.1. The first-order chi connectivity index (χ1) is 13.6. The number of hydrogen-bond donors (Lipinski definition) is 1.